The quantitative estimate of drug-likeness (QED) is 0.716. The number of aliphatic hydroxyl groups excluding tert-OH is 1. The van der Waals surface area contributed by atoms with E-state index in [1.807, 2.05) is 0 Å². The highest BCUT2D eigenvalue weighted by Gasteiger charge is 2.66. The van der Waals surface area contributed by atoms with Crippen LogP contribution in [0.3, 0.4) is 0 Å². The molecule has 0 aromatic heterocycles. The van der Waals surface area contributed by atoms with Crippen molar-refractivity contribution in [3.63, 3.8) is 0 Å². The third-order valence-corrected chi connectivity index (χ3v) is 7.27. The minimum Gasteiger partial charge on any atom is -0.381 e. The van der Waals surface area contributed by atoms with Gasteiger partial charge in [0.15, 0.2) is 6.29 Å². The Kier molecular flexibility index (Phi) is 2.36. The smallest absolute Gasteiger partial charge is 0.160 e. The number of piperidine rings is 1. The first-order valence-corrected chi connectivity index (χ1v) is 8.88. The first-order chi connectivity index (χ1) is 11.3. The fraction of sp³-hybridized carbons (Fsp3) is 0.579. The zero-order valence-electron chi connectivity index (χ0n) is 13.1. The van der Waals surface area contributed by atoms with E-state index < -0.39 is 6.29 Å². The van der Waals surface area contributed by atoms with Gasteiger partial charge in [-0.25, -0.2) is 0 Å². The monoisotopic (exact) mass is 310 g/mol. The average Bonchev–Trinajstić information content (AvgIpc) is 3.06. The van der Waals surface area contributed by atoms with E-state index in [0.717, 1.165) is 6.54 Å². The molecule has 1 spiro atoms. The van der Waals surface area contributed by atoms with Crippen molar-refractivity contribution in [3.8, 4) is 0 Å². The summed E-state index contributed by atoms with van der Waals surface area (Å²) in [5.41, 5.74) is 4.39. The summed E-state index contributed by atoms with van der Waals surface area (Å²) in [6, 6.07) is 9.68. The number of fused-ring (bicyclic) bond motifs is 2. The lowest BCUT2D eigenvalue weighted by molar-refractivity contribution is -0.152. The highest BCUT2D eigenvalue weighted by atomic mass is 16.6. The van der Waals surface area contributed by atoms with E-state index >= 15 is 0 Å². The van der Waals surface area contributed by atoms with Gasteiger partial charge in [0.05, 0.1) is 6.61 Å². The van der Waals surface area contributed by atoms with Crippen molar-refractivity contribution in [2.75, 3.05) is 25.0 Å². The van der Waals surface area contributed by atoms with Crippen molar-refractivity contribution in [1.29, 1.82) is 0 Å². The number of nitrogens with one attached hydrogen (secondary N) is 1. The SMILES string of the molecule is O[C@@H]1OCC=C2CN3CC[C@]45c6ccccc6N[C@H]4[C@@H]1[C@H]2C[C@@H]35. The molecule has 1 aliphatic carbocycles. The summed E-state index contributed by atoms with van der Waals surface area (Å²) in [4.78, 5) is 2.69. The molecule has 0 amide bonds. The predicted molar refractivity (Wildman–Crippen MR) is 87.1 cm³/mol. The second kappa shape index (κ2) is 4.18. The zero-order valence-corrected chi connectivity index (χ0v) is 13.1. The van der Waals surface area contributed by atoms with Crippen LogP contribution in [0.1, 0.15) is 18.4 Å². The first kappa shape index (κ1) is 13.0. The molecule has 1 aromatic carbocycles. The number of aliphatic hydroxyl groups is 1. The van der Waals surface area contributed by atoms with Crippen LogP contribution in [0.5, 0.6) is 0 Å². The molecule has 2 bridgehead atoms. The molecule has 0 radical (unpaired) electrons. The van der Waals surface area contributed by atoms with Gasteiger partial charge in [0.2, 0.25) is 0 Å². The van der Waals surface area contributed by atoms with Crippen LogP contribution < -0.4 is 5.32 Å². The van der Waals surface area contributed by atoms with Crippen molar-refractivity contribution < 1.29 is 9.84 Å². The topological polar surface area (TPSA) is 44.7 Å². The summed E-state index contributed by atoms with van der Waals surface area (Å²) < 4.78 is 5.75. The van der Waals surface area contributed by atoms with E-state index in [9.17, 15) is 5.11 Å². The maximum Gasteiger partial charge on any atom is 0.160 e. The summed E-state index contributed by atoms with van der Waals surface area (Å²) in [5, 5.41) is 14.6. The minimum absolute atomic E-state index is 0.151. The van der Waals surface area contributed by atoms with Gasteiger partial charge in [-0.1, -0.05) is 29.8 Å². The van der Waals surface area contributed by atoms with Crippen molar-refractivity contribution in [2.24, 2.45) is 11.8 Å². The normalized spacial score (nSPS) is 46.5. The van der Waals surface area contributed by atoms with Crippen LogP contribution in [-0.4, -0.2) is 48.1 Å². The lowest BCUT2D eigenvalue weighted by Crippen LogP contribution is -2.64. The minimum atomic E-state index is -0.662. The largest absolute Gasteiger partial charge is 0.381 e. The first-order valence-electron chi connectivity index (χ1n) is 8.88. The molecule has 4 aliphatic heterocycles. The van der Waals surface area contributed by atoms with Crippen molar-refractivity contribution in [2.45, 2.75) is 36.6 Å². The van der Waals surface area contributed by atoms with Crippen LogP contribution in [0, 0.1) is 11.8 Å². The maximum atomic E-state index is 10.8. The van der Waals surface area contributed by atoms with Gasteiger partial charge in [-0.2, -0.15) is 0 Å². The van der Waals surface area contributed by atoms with E-state index in [4.69, 9.17) is 4.74 Å². The van der Waals surface area contributed by atoms with Crippen LogP contribution in [0.4, 0.5) is 5.69 Å². The maximum absolute atomic E-state index is 10.8. The molecule has 4 heteroatoms. The van der Waals surface area contributed by atoms with Gasteiger partial charge < -0.3 is 15.2 Å². The molecular formula is C19H22N2O2. The Bertz CT molecular complexity index is 717. The van der Waals surface area contributed by atoms with Crippen molar-refractivity contribution >= 4 is 5.69 Å². The number of hydrogen-bond acceptors (Lipinski definition) is 4. The molecule has 5 aliphatic rings. The number of ether oxygens (including phenoxy) is 1. The summed E-state index contributed by atoms with van der Waals surface area (Å²) in [7, 11) is 0. The van der Waals surface area contributed by atoms with Gasteiger partial charge in [0.1, 0.15) is 0 Å². The Hall–Kier alpha value is -1.36. The van der Waals surface area contributed by atoms with Gasteiger partial charge >= 0.3 is 0 Å². The Morgan fingerprint density at radius 2 is 2.22 bits per heavy atom. The average molecular weight is 310 g/mol. The Balaban J connectivity index is 1.59. The summed E-state index contributed by atoms with van der Waals surface area (Å²) in [6.07, 6.45) is 3.93. The predicted octanol–water partition coefficient (Wildman–Crippen LogP) is 1.72. The van der Waals surface area contributed by atoms with Gasteiger partial charge in [-0.15, -0.1) is 0 Å². The molecule has 0 unspecified atom stereocenters. The van der Waals surface area contributed by atoms with Crippen LogP contribution in [-0.2, 0) is 10.2 Å². The number of nitrogens with zero attached hydrogens (tertiary/aromatic N) is 1. The van der Waals surface area contributed by atoms with E-state index in [0.29, 0.717) is 18.6 Å². The van der Waals surface area contributed by atoms with Gasteiger partial charge in [0.25, 0.3) is 0 Å². The van der Waals surface area contributed by atoms with Crippen LogP contribution in [0.15, 0.2) is 35.9 Å². The number of rotatable bonds is 0. The number of hydrogen-bond donors (Lipinski definition) is 2. The van der Waals surface area contributed by atoms with E-state index in [1.54, 1.807) is 0 Å². The van der Waals surface area contributed by atoms with E-state index in [-0.39, 0.29) is 17.4 Å². The van der Waals surface area contributed by atoms with Gasteiger partial charge in [0, 0.05) is 35.6 Å². The van der Waals surface area contributed by atoms with Crippen LogP contribution >= 0.6 is 0 Å². The summed E-state index contributed by atoms with van der Waals surface area (Å²) >= 11 is 0. The Morgan fingerprint density at radius 1 is 1.30 bits per heavy atom. The van der Waals surface area contributed by atoms with Crippen LogP contribution in [0.2, 0.25) is 0 Å². The fourth-order valence-corrected chi connectivity index (χ4v) is 6.45. The van der Waals surface area contributed by atoms with E-state index in [2.05, 4.69) is 40.6 Å². The molecule has 2 saturated heterocycles. The molecule has 6 atom stereocenters. The molecular weight excluding hydrogens is 288 g/mol. The molecule has 23 heavy (non-hydrogen) atoms. The highest BCUT2D eigenvalue weighted by molar-refractivity contribution is 5.65. The lowest BCUT2D eigenvalue weighted by atomic mass is 9.55. The van der Waals surface area contributed by atoms with Gasteiger partial charge in [-0.05, 0) is 36.9 Å². The number of anilines is 1. The molecule has 2 N–H and O–H groups in total. The fourth-order valence-electron chi connectivity index (χ4n) is 6.45. The Morgan fingerprint density at radius 3 is 3.17 bits per heavy atom. The number of benzene rings is 1. The third kappa shape index (κ3) is 1.40. The van der Waals surface area contributed by atoms with Crippen molar-refractivity contribution in [1.82, 2.24) is 4.90 Å². The second-order valence-corrected chi connectivity index (χ2v) is 7.87. The lowest BCUT2D eigenvalue weighted by Gasteiger charge is -2.55. The molecule has 1 aromatic rings. The molecule has 4 nitrogen and oxygen atoms in total. The molecule has 1 saturated carbocycles. The molecule has 3 fully saturated rings. The van der Waals surface area contributed by atoms with E-state index in [1.165, 1.54) is 36.2 Å². The highest BCUT2D eigenvalue weighted by Crippen LogP contribution is 2.62. The summed E-state index contributed by atoms with van der Waals surface area (Å²) in [6.45, 7) is 2.79. The number of para-hydroxylation sites is 1. The van der Waals surface area contributed by atoms with Crippen molar-refractivity contribution in [3.05, 3.63) is 41.5 Å². The molecule has 4 heterocycles. The molecule has 6 rings (SSSR count). The molecule has 120 valence electrons. The Labute approximate surface area is 136 Å². The summed E-state index contributed by atoms with van der Waals surface area (Å²) in [5.74, 6) is 0.624. The standard InChI is InChI=1S/C19H22N2O2/c22-18-16-12-9-15-19(6-7-21(15)10-11(12)5-8-23-18)13-3-1-2-4-14(13)20-17(16)19/h1-5,12,15-18,20,22H,6-10H2/t12-,15+,16-,17-,18+,19+/m0/s1. The third-order valence-electron chi connectivity index (χ3n) is 7.27. The van der Waals surface area contributed by atoms with Crippen LogP contribution in [0.25, 0.3) is 0 Å². The van der Waals surface area contributed by atoms with Gasteiger partial charge in [-0.3, -0.25) is 4.90 Å². The second-order valence-electron chi connectivity index (χ2n) is 7.87. The zero-order chi connectivity index (χ0) is 15.2.